The molecule has 0 aliphatic rings. The minimum Gasteiger partial charge on any atom is -0.380 e. The Kier molecular flexibility index (Phi) is 4.12. The van der Waals surface area contributed by atoms with Crippen LogP contribution in [0.5, 0.6) is 0 Å². The third kappa shape index (κ3) is 2.90. The number of aromatic amines is 1. The summed E-state index contributed by atoms with van der Waals surface area (Å²) in [6.07, 6.45) is 0.696. The molecular formula is C15H18N2O2. The standard InChI is InChI=1S/C15H18N2O2/c1-4-13-10(2)16-14(17-15(13)18)12-7-5-11(6-8-12)9-19-3/h5-8H,4,9H2,1-3H3,(H,16,17,18). The van der Waals surface area contributed by atoms with Crippen molar-refractivity contribution < 1.29 is 4.74 Å². The molecule has 1 aromatic carbocycles. The summed E-state index contributed by atoms with van der Waals surface area (Å²) in [7, 11) is 1.67. The molecule has 0 unspecified atom stereocenters. The van der Waals surface area contributed by atoms with E-state index >= 15 is 0 Å². The van der Waals surface area contributed by atoms with Gasteiger partial charge in [-0.2, -0.15) is 0 Å². The highest BCUT2D eigenvalue weighted by atomic mass is 16.5. The van der Waals surface area contributed by atoms with Crippen molar-refractivity contribution in [3.63, 3.8) is 0 Å². The molecule has 0 fully saturated rings. The van der Waals surface area contributed by atoms with Gasteiger partial charge in [-0.3, -0.25) is 4.79 Å². The van der Waals surface area contributed by atoms with Crippen LogP contribution in [-0.4, -0.2) is 17.1 Å². The SMILES string of the molecule is CCc1c(C)nc(-c2ccc(COC)cc2)[nH]c1=O. The molecule has 100 valence electrons. The van der Waals surface area contributed by atoms with E-state index in [1.165, 1.54) is 0 Å². The van der Waals surface area contributed by atoms with Crippen molar-refractivity contribution in [2.75, 3.05) is 7.11 Å². The summed E-state index contributed by atoms with van der Waals surface area (Å²) in [6, 6.07) is 7.83. The van der Waals surface area contributed by atoms with Gasteiger partial charge in [0.25, 0.3) is 5.56 Å². The molecule has 4 heteroatoms. The van der Waals surface area contributed by atoms with E-state index in [2.05, 4.69) is 9.97 Å². The summed E-state index contributed by atoms with van der Waals surface area (Å²) in [5.41, 5.74) is 3.49. The third-order valence-electron chi connectivity index (χ3n) is 3.11. The molecule has 4 nitrogen and oxygen atoms in total. The van der Waals surface area contributed by atoms with Gasteiger partial charge >= 0.3 is 0 Å². The Labute approximate surface area is 112 Å². The van der Waals surface area contributed by atoms with E-state index in [0.29, 0.717) is 18.9 Å². The summed E-state index contributed by atoms with van der Waals surface area (Å²) < 4.78 is 5.07. The van der Waals surface area contributed by atoms with Crippen LogP contribution >= 0.6 is 0 Å². The number of hydrogen-bond acceptors (Lipinski definition) is 3. The summed E-state index contributed by atoms with van der Waals surface area (Å²) in [6.45, 7) is 4.41. The Hall–Kier alpha value is -1.94. The molecule has 1 aromatic heterocycles. The fraction of sp³-hybridized carbons (Fsp3) is 0.333. The van der Waals surface area contributed by atoms with Gasteiger partial charge in [-0.15, -0.1) is 0 Å². The molecule has 0 spiro atoms. The van der Waals surface area contributed by atoms with Crippen molar-refractivity contribution in [2.45, 2.75) is 26.9 Å². The first-order chi connectivity index (χ1) is 9.15. The Balaban J connectivity index is 2.39. The number of nitrogens with zero attached hydrogens (tertiary/aromatic N) is 1. The number of H-pyrrole nitrogens is 1. The van der Waals surface area contributed by atoms with Crippen molar-refractivity contribution in [3.8, 4) is 11.4 Å². The molecule has 0 radical (unpaired) electrons. The molecule has 0 saturated heterocycles. The van der Waals surface area contributed by atoms with E-state index in [-0.39, 0.29) is 5.56 Å². The zero-order valence-electron chi connectivity index (χ0n) is 11.5. The summed E-state index contributed by atoms with van der Waals surface area (Å²) in [5.74, 6) is 0.615. The van der Waals surface area contributed by atoms with Gasteiger partial charge in [0.05, 0.1) is 6.61 Å². The number of aromatic nitrogens is 2. The van der Waals surface area contributed by atoms with Gasteiger partial charge < -0.3 is 9.72 Å². The van der Waals surface area contributed by atoms with E-state index in [0.717, 1.165) is 22.4 Å². The van der Waals surface area contributed by atoms with Gasteiger partial charge in [0.2, 0.25) is 0 Å². The normalized spacial score (nSPS) is 10.7. The number of methoxy groups -OCH3 is 1. The fourth-order valence-electron chi connectivity index (χ4n) is 2.09. The molecule has 0 bridgehead atoms. The van der Waals surface area contributed by atoms with Gasteiger partial charge in [0.15, 0.2) is 0 Å². The van der Waals surface area contributed by atoms with E-state index in [1.807, 2.05) is 38.1 Å². The summed E-state index contributed by atoms with van der Waals surface area (Å²) in [4.78, 5) is 19.2. The average molecular weight is 258 g/mol. The van der Waals surface area contributed by atoms with Crippen LogP contribution in [0.25, 0.3) is 11.4 Å². The summed E-state index contributed by atoms with van der Waals surface area (Å²) >= 11 is 0. The molecule has 1 N–H and O–H groups in total. The van der Waals surface area contributed by atoms with Crippen LogP contribution in [0.4, 0.5) is 0 Å². The fourth-order valence-corrected chi connectivity index (χ4v) is 2.09. The predicted octanol–water partition coefficient (Wildman–Crippen LogP) is 2.45. The lowest BCUT2D eigenvalue weighted by Crippen LogP contribution is -2.16. The Morgan fingerprint density at radius 2 is 1.95 bits per heavy atom. The molecule has 0 atom stereocenters. The minimum atomic E-state index is -0.0500. The average Bonchev–Trinajstić information content (AvgIpc) is 2.39. The topological polar surface area (TPSA) is 55.0 Å². The zero-order valence-corrected chi connectivity index (χ0v) is 11.5. The van der Waals surface area contributed by atoms with E-state index < -0.39 is 0 Å². The van der Waals surface area contributed by atoms with Crippen LogP contribution in [0.15, 0.2) is 29.1 Å². The van der Waals surface area contributed by atoms with Crippen molar-refractivity contribution >= 4 is 0 Å². The molecule has 2 aromatic rings. The lowest BCUT2D eigenvalue weighted by atomic mass is 10.1. The smallest absolute Gasteiger partial charge is 0.254 e. The second kappa shape index (κ2) is 5.80. The second-order valence-corrected chi connectivity index (χ2v) is 4.46. The van der Waals surface area contributed by atoms with Gasteiger partial charge in [-0.25, -0.2) is 4.98 Å². The lowest BCUT2D eigenvalue weighted by molar-refractivity contribution is 0.185. The lowest BCUT2D eigenvalue weighted by Gasteiger charge is -2.06. The molecule has 0 amide bonds. The zero-order chi connectivity index (χ0) is 13.8. The van der Waals surface area contributed by atoms with Gasteiger partial charge in [0, 0.05) is 23.9 Å². The highest BCUT2D eigenvalue weighted by Gasteiger charge is 2.07. The predicted molar refractivity (Wildman–Crippen MR) is 75.1 cm³/mol. The quantitative estimate of drug-likeness (QED) is 0.916. The Bertz CT molecular complexity index is 615. The van der Waals surface area contributed by atoms with Crippen LogP contribution in [-0.2, 0) is 17.8 Å². The highest BCUT2D eigenvalue weighted by molar-refractivity contribution is 5.55. The minimum absolute atomic E-state index is 0.0500. The van der Waals surface area contributed by atoms with Crippen molar-refractivity contribution in [1.82, 2.24) is 9.97 Å². The number of ether oxygens (including phenoxy) is 1. The van der Waals surface area contributed by atoms with Crippen LogP contribution < -0.4 is 5.56 Å². The van der Waals surface area contributed by atoms with E-state index in [1.54, 1.807) is 7.11 Å². The van der Waals surface area contributed by atoms with Gasteiger partial charge in [-0.05, 0) is 18.9 Å². The molecule has 0 aliphatic carbocycles. The van der Waals surface area contributed by atoms with Crippen molar-refractivity contribution in [3.05, 3.63) is 51.4 Å². The van der Waals surface area contributed by atoms with E-state index in [9.17, 15) is 4.79 Å². The van der Waals surface area contributed by atoms with Crippen LogP contribution in [0.2, 0.25) is 0 Å². The molecule has 0 aliphatic heterocycles. The number of aryl methyl sites for hydroxylation is 1. The van der Waals surface area contributed by atoms with Crippen LogP contribution in [0.1, 0.15) is 23.7 Å². The Morgan fingerprint density at radius 1 is 1.26 bits per heavy atom. The number of hydrogen-bond donors (Lipinski definition) is 1. The molecule has 2 rings (SSSR count). The van der Waals surface area contributed by atoms with Gasteiger partial charge in [-0.1, -0.05) is 31.2 Å². The maximum absolute atomic E-state index is 11.9. The number of benzene rings is 1. The van der Waals surface area contributed by atoms with Crippen LogP contribution in [0, 0.1) is 6.92 Å². The number of rotatable bonds is 4. The summed E-state index contributed by atoms with van der Waals surface area (Å²) in [5, 5.41) is 0. The molecular weight excluding hydrogens is 240 g/mol. The van der Waals surface area contributed by atoms with E-state index in [4.69, 9.17) is 4.74 Å². The van der Waals surface area contributed by atoms with Crippen molar-refractivity contribution in [1.29, 1.82) is 0 Å². The maximum atomic E-state index is 11.9. The third-order valence-corrected chi connectivity index (χ3v) is 3.11. The first-order valence-electron chi connectivity index (χ1n) is 6.33. The Morgan fingerprint density at radius 3 is 2.47 bits per heavy atom. The first-order valence-corrected chi connectivity index (χ1v) is 6.33. The maximum Gasteiger partial charge on any atom is 0.254 e. The molecule has 0 saturated carbocycles. The highest BCUT2D eigenvalue weighted by Crippen LogP contribution is 2.16. The second-order valence-electron chi connectivity index (χ2n) is 4.46. The van der Waals surface area contributed by atoms with Gasteiger partial charge in [0.1, 0.15) is 5.82 Å². The molecule has 1 heterocycles. The number of nitrogens with one attached hydrogen (secondary N) is 1. The van der Waals surface area contributed by atoms with Crippen molar-refractivity contribution in [2.24, 2.45) is 0 Å². The molecule has 19 heavy (non-hydrogen) atoms. The first kappa shape index (κ1) is 13.5. The monoisotopic (exact) mass is 258 g/mol. The largest absolute Gasteiger partial charge is 0.380 e. The van der Waals surface area contributed by atoms with Crippen LogP contribution in [0.3, 0.4) is 0 Å².